The van der Waals surface area contributed by atoms with Crippen molar-refractivity contribution in [3.63, 3.8) is 0 Å². The average Bonchev–Trinajstić information content (AvgIpc) is 2.77. The minimum atomic E-state index is -0.299. The number of rotatable bonds is 9. The first kappa shape index (κ1) is 21.1. The number of nitrogens with zero attached hydrogens (tertiary/aromatic N) is 2. The van der Waals surface area contributed by atoms with Crippen LogP contribution in [0.25, 0.3) is 11.4 Å². The Labute approximate surface area is 175 Å². The van der Waals surface area contributed by atoms with Gasteiger partial charge in [-0.3, -0.25) is 4.79 Å². The van der Waals surface area contributed by atoms with Gasteiger partial charge >= 0.3 is 0 Å². The summed E-state index contributed by atoms with van der Waals surface area (Å²) in [6, 6.07) is 11.8. The van der Waals surface area contributed by atoms with E-state index in [1.165, 1.54) is 12.4 Å². The third-order valence-electron chi connectivity index (χ3n) is 4.14. The molecule has 7 heteroatoms. The molecule has 0 atom stereocenters. The second-order valence-electron chi connectivity index (χ2n) is 6.66. The van der Waals surface area contributed by atoms with E-state index in [4.69, 9.17) is 9.47 Å². The Morgan fingerprint density at radius 2 is 1.67 bits per heavy atom. The Kier molecular flexibility index (Phi) is 7.21. The van der Waals surface area contributed by atoms with Gasteiger partial charge in [0.15, 0.2) is 17.3 Å². The molecule has 0 saturated carbocycles. The number of hydrogen-bond acceptors (Lipinski definition) is 6. The number of hydrogen-bond donors (Lipinski definition) is 2. The number of phenols is 1. The fraction of sp³-hybridized carbons (Fsp3) is 0.261. The van der Waals surface area contributed by atoms with Crippen molar-refractivity contribution in [3.05, 3.63) is 60.4 Å². The highest BCUT2D eigenvalue weighted by atomic mass is 16.5. The average molecular weight is 407 g/mol. The van der Waals surface area contributed by atoms with E-state index >= 15 is 0 Å². The third kappa shape index (κ3) is 5.47. The van der Waals surface area contributed by atoms with Crippen LogP contribution in [0.1, 0.15) is 37.0 Å². The Hall–Kier alpha value is -3.61. The molecular formula is C23H25N3O4. The zero-order valence-electron chi connectivity index (χ0n) is 17.1. The monoisotopic (exact) mass is 407 g/mol. The van der Waals surface area contributed by atoms with Crippen molar-refractivity contribution in [1.29, 1.82) is 0 Å². The van der Waals surface area contributed by atoms with E-state index < -0.39 is 0 Å². The lowest BCUT2D eigenvalue weighted by atomic mass is 10.2. The lowest BCUT2D eigenvalue weighted by Crippen LogP contribution is -2.13. The summed E-state index contributed by atoms with van der Waals surface area (Å²) < 4.78 is 11.5. The Bertz CT molecular complexity index is 990. The third-order valence-corrected chi connectivity index (χ3v) is 4.14. The molecule has 0 saturated heterocycles. The number of aromatic nitrogens is 2. The number of ether oxygens (including phenoxy) is 2. The molecule has 1 aromatic heterocycles. The van der Waals surface area contributed by atoms with Gasteiger partial charge in [-0.15, -0.1) is 0 Å². The van der Waals surface area contributed by atoms with Gasteiger partial charge in [-0.05, 0) is 43.2 Å². The van der Waals surface area contributed by atoms with Crippen LogP contribution in [-0.4, -0.2) is 34.2 Å². The standard InChI is InChI=1S/C23H25N3O4/c1-3-10-29-20-9-8-17(13-21(20)30-11-4-2)23(28)26-18-14-24-22(25-15-18)16-6-5-7-19(27)12-16/h5-9,12-15,27H,3-4,10-11H2,1-2H3,(H,26,28). The van der Waals surface area contributed by atoms with Crippen LogP contribution in [0.2, 0.25) is 0 Å². The highest BCUT2D eigenvalue weighted by Crippen LogP contribution is 2.29. The summed E-state index contributed by atoms with van der Waals surface area (Å²) in [5.74, 6) is 1.47. The number of nitrogens with one attached hydrogen (secondary N) is 1. The Balaban J connectivity index is 1.73. The van der Waals surface area contributed by atoms with Crippen LogP contribution >= 0.6 is 0 Å². The molecular weight excluding hydrogens is 382 g/mol. The second-order valence-corrected chi connectivity index (χ2v) is 6.66. The summed E-state index contributed by atoms with van der Waals surface area (Å²) in [5, 5.41) is 12.4. The number of anilines is 1. The molecule has 0 aliphatic rings. The van der Waals surface area contributed by atoms with Gasteiger partial charge in [0, 0.05) is 11.1 Å². The van der Waals surface area contributed by atoms with Crippen molar-refractivity contribution < 1.29 is 19.4 Å². The summed E-state index contributed by atoms with van der Waals surface area (Å²) in [7, 11) is 0. The zero-order valence-corrected chi connectivity index (χ0v) is 17.1. The van der Waals surface area contributed by atoms with Crippen LogP contribution in [0.5, 0.6) is 17.2 Å². The van der Waals surface area contributed by atoms with Gasteiger partial charge in [0.2, 0.25) is 0 Å². The van der Waals surface area contributed by atoms with Crippen LogP contribution < -0.4 is 14.8 Å². The quantitative estimate of drug-likeness (QED) is 0.535. The predicted molar refractivity (Wildman–Crippen MR) is 115 cm³/mol. The lowest BCUT2D eigenvalue weighted by Gasteiger charge is -2.13. The first-order valence-corrected chi connectivity index (χ1v) is 9.93. The molecule has 0 spiro atoms. The Morgan fingerprint density at radius 1 is 0.967 bits per heavy atom. The summed E-state index contributed by atoms with van der Waals surface area (Å²) in [6.07, 6.45) is 4.79. The Morgan fingerprint density at radius 3 is 2.33 bits per heavy atom. The van der Waals surface area contributed by atoms with Crippen molar-refractivity contribution in [1.82, 2.24) is 9.97 Å². The van der Waals surface area contributed by atoms with Gasteiger partial charge in [0.05, 0.1) is 31.3 Å². The normalized spacial score (nSPS) is 10.5. The molecule has 0 aliphatic heterocycles. The molecule has 0 fully saturated rings. The molecule has 3 aromatic rings. The maximum absolute atomic E-state index is 12.7. The van der Waals surface area contributed by atoms with Crippen LogP contribution in [0.4, 0.5) is 5.69 Å². The molecule has 30 heavy (non-hydrogen) atoms. The molecule has 3 rings (SSSR count). The van der Waals surface area contributed by atoms with Crippen molar-refractivity contribution in [2.75, 3.05) is 18.5 Å². The highest BCUT2D eigenvalue weighted by Gasteiger charge is 2.13. The van der Waals surface area contributed by atoms with Gasteiger partial charge in [0.25, 0.3) is 5.91 Å². The molecule has 1 heterocycles. The molecule has 0 bridgehead atoms. The summed E-state index contributed by atoms with van der Waals surface area (Å²) in [6.45, 7) is 5.17. The first-order chi connectivity index (χ1) is 14.6. The van der Waals surface area contributed by atoms with Gasteiger partial charge < -0.3 is 19.9 Å². The molecule has 0 aliphatic carbocycles. The number of phenolic OH excluding ortho intramolecular Hbond substituents is 1. The maximum atomic E-state index is 12.7. The molecule has 2 aromatic carbocycles. The van der Waals surface area contributed by atoms with Crippen LogP contribution in [0.3, 0.4) is 0 Å². The number of carbonyl (C=O) groups is 1. The molecule has 1 amide bonds. The molecule has 7 nitrogen and oxygen atoms in total. The number of aromatic hydroxyl groups is 1. The molecule has 0 radical (unpaired) electrons. The fourth-order valence-electron chi connectivity index (χ4n) is 2.70. The number of amides is 1. The topological polar surface area (TPSA) is 93.6 Å². The van der Waals surface area contributed by atoms with Crippen LogP contribution in [0.15, 0.2) is 54.9 Å². The zero-order chi connectivity index (χ0) is 21.3. The van der Waals surface area contributed by atoms with Gasteiger partial charge in [-0.1, -0.05) is 26.0 Å². The fourth-order valence-corrected chi connectivity index (χ4v) is 2.70. The van der Waals surface area contributed by atoms with Gasteiger partial charge in [-0.25, -0.2) is 9.97 Å². The van der Waals surface area contributed by atoms with Crippen molar-refractivity contribution in [3.8, 4) is 28.6 Å². The molecule has 0 unspecified atom stereocenters. The largest absolute Gasteiger partial charge is 0.508 e. The van der Waals surface area contributed by atoms with Gasteiger partial charge in [-0.2, -0.15) is 0 Å². The van der Waals surface area contributed by atoms with E-state index in [0.29, 0.717) is 47.4 Å². The van der Waals surface area contributed by atoms with Crippen molar-refractivity contribution in [2.24, 2.45) is 0 Å². The number of carbonyl (C=O) groups excluding carboxylic acids is 1. The number of benzene rings is 2. The van der Waals surface area contributed by atoms with Crippen LogP contribution in [-0.2, 0) is 0 Å². The van der Waals surface area contributed by atoms with E-state index in [1.54, 1.807) is 42.5 Å². The van der Waals surface area contributed by atoms with E-state index in [0.717, 1.165) is 12.8 Å². The minimum absolute atomic E-state index is 0.140. The second kappa shape index (κ2) is 10.2. The van der Waals surface area contributed by atoms with Crippen molar-refractivity contribution in [2.45, 2.75) is 26.7 Å². The van der Waals surface area contributed by atoms with Crippen molar-refractivity contribution >= 4 is 11.6 Å². The SMILES string of the molecule is CCCOc1ccc(C(=O)Nc2cnc(-c3cccc(O)c3)nc2)cc1OCCC. The summed E-state index contributed by atoms with van der Waals surface area (Å²) in [5.41, 5.74) is 1.60. The van der Waals surface area contributed by atoms with E-state index in [1.807, 2.05) is 13.8 Å². The first-order valence-electron chi connectivity index (χ1n) is 9.93. The van der Waals surface area contributed by atoms with Gasteiger partial charge in [0.1, 0.15) is 5.75 Å². The molecule has 156 valence electrons. The minimum Gasteiger partial charge on any atom is -0.508 e. The lowest BCUT2D eigenvalue weighted by molar-refractivity contribution is 0.102. The van der Waals surface area contributed by atoms with E-state index in [2.05, 4.69) is 15.3 Å². The van der Waals surface area contributed by atoms with E-state index in [9.17, 15) is 9.90 Å². The predicted octanol–water partition coefficient (Wildman–Crippen LogP) is 4.68. The van der Waals surface area contributed by atoms with Crippen LogP contribution in [0, 0.1) is 0 Å². The summed E-state index contributed by atoms with van der Waals surface area (Å²) >= 11 is 0. The molecule has 2 N–H and O–H groups in total. The maximum Gasteiger partial charge on any atom is 0.255 e. The summed E-state index contributed by atoms with van der Waals surface area (Å²) in [4.78, 5) is 21.2. The van der Waals surface area contributed by atoms with E-state index in [-0.39, 0.29) is 11.7 Å². The smallest absolute Gasteiger partial charge is 0.255 e. The highest BCUT2D eigenvalue weighted by molar-refractivity contribution is 6.04.